The van der Waals surface area contributed by atoms with Crippen molar-refractivity contribution in [2.24, 2.45) is 0 Å². The molecule has 0 bridgehead atoms. The second-order valence-electron chi connectivity index (χ2n) is 6.89. The van der Waals surface area contributed by atoms with E-state index in [-0.39, 0.29) is 6.42 Å². The number of carboxylic acid groups (broad SMARTS) is 1. The average Bonchev–Trinajstić information content (AvgIpc) is 2.53. The number of benzene rings is 1. The molecule has 1 N–H and O–H groups in total. The van der Waals surface area contributed by atoms with Crippen LogP contribution >= 0.6 is 11.6 Å². The first-order valence-corrected chi connectivity index (χ1v) is 7.74. The minimum atomic E-state index is -0.891. The minimum Gasteiger partial charge on any atom is -0.481 e. The Morgan fingerprint density at radius 1 is 1.23 bits per heavy atom. The molecule has 1 aliphatic rings. The van der Waals surface area contributed by atoms with Gasteiger partial charge in [0.15, 0.2) is 0 Å². The molecule has 1 aromatic carbocycles. The molecule has 0 spiro atoms. The summed E-state index contributed by atoms with van der Waals surface area (Å²) in [4.78, 5) is 11.3. The van der Waals surface area contributed by atoms with Crippen LogP contribution in [0.3, 0.4) is 0 Å². The highest BCUT2D eigenvalue weighted by Gasteiger charge is 2.54. The summed E-state index contributed by atoms with van der Waals surface area (Å²) in [5, 5.41) is 9.85. The van der Waals surface area contributed by atoms with E-state index in [0.717, 1.165) is 11.1 Å². The topological polar surface area (TPSA) is 55.8 Å². The van der Waals surface area contributed by atoms with Crippen LogP contribution in [-0.4, -0.2) is 29.4 Å². The average molecular weight is 325 g/mol. The first-order valence-electron chi connectivity index (χ1n) is 7.36. The molecule has 120 valence electrons. The number of hydrogen-bond donors (Lipinski definition) is 1. The number of aryl methyl sites for hydroxylation is 1. The van der Waals surface area contributed by atoms with Crippen LogP contribution < -0.4 is 0 Å². The Labute approximate surface area is 136 Å². The summed E-state index contributed by atoms with van der Waals surface area (Å²) in [6.07, 6.45) is -0.0728. The van der Waals surface area contributed by atoms with E-state index in [0.29, 0.717) is 5.02 Å². The Morgan fingerprint density at radius 2 is 1.77 bits per heavy atom. The Hall–Kier alpha value is -1.04. The summed E-state index contributed by atoms with van der Waals surface area (Å²) in [6, 6.07) is 5.56. The van der Waals surface area contributed by atoms with Gasteiger partial charge in [0.25, 0.3) is 0 Å². The van der Waals surface area contributed by atoms with E-state index >= 15 is 0 Å². The summed E-state index contributed by atoms with van der Waals surface area (Å²) in [6.45, 7) is 9.74. The van der Waals surface area contributed by atoms with Crippen LogP contribution in [0.2, 0.25) is 5.02 Å². The van der Waals surface area contributed by atoms with Crippen LogP contribution in [0.5, 0.6) is 0 Å². The molecule has 1 saturated heterocycles. The lowest BCUT2D eigenvalue weighted by Gasteiger charge is -2.32. The highest BCUT2D eigenvalue weighted by Crippen LogP contribution is 2.42. The molecule has 6 heteroatoms. The van der Waals surface area contributed by atoms with Crippen LogP contribution in [0.15, 0.2) is 18.2 Å². The summed E-state index contributed by atoms with van der Waals surface area (Å²) in [5.74, 6) is -1.30. The molecular weight excluding hydrogens is 302 g/mol. The normalized spacial score (nSPS) is 20.9. The highest BCUT2D eigenvalue weighted by molar-refractivity contribution is 6.48. The molecule has 1 unspecified atom stereocenters. The Kier molecular flexibility index (Phi) is 4.62. The van der Waals surface area contributed by atoms with E-state index in [9.17, 15) is 9.90 Å². The van der Waals surface area contributed by atoms with Gasteiger partial charge in [-0.25, -0.2) is 0 Å². The van der Waals surface area contributed by atoms with Crippen LogP contribution in [0.1, 0.15) is 51.1 Å². The SMILES string of the molecule is Cc1cc(Cl)cc(C(CC(=O)O)B2OC(C)(C)C(C)(C)O2)c1. The van der Waals surface area contributed by atoms with Crippen molar-refractivity contribution in [1.29, 1.82) is 0 Å². The van der Waals surface area contributed by atoms with Crippen LogP contribution in [0, 0.1) is 6.92 Å². The first kappa shape index (κ1) is 17.3. The van der Waals surface area contributed by atoms with E-state index in [1.165, 1.54) is 0 Å². The number of rotatable bonds is 4. The number of hydrogen-bond acceptors (Lipinski definition) is 3. The molecule has 1 aromatic rings. The van der Waals surface area contributed by atoms with Crippen LogP contribution in [0.4, 0.5) is 0 Å². The van der Waals surface area contributed by atoms with E-state index in [1.807, 2.05) is 46.8 Å². The van der Waals surface area contributed by atoms with Crippen molar-refractivity contribution < 1.29 is 19.2 Å². The van der Waals surface area contributed by atoms with E-state index in [4.69, 9.17) is 20.9 Å². The van der Waals surface area contributed by atoms with Crippen molar-refractivity contribution in [2.75, 3.05) is 0 Å². The monoisotopic (exact) mass is 324 g/mol. The number of aliphatic carboxylic acids is 1. The smallest absolute Gasteiger partial charge is 0.466 e. The molecule has 1 fully saturated rings. The van der Waals surface area contributed by atoms with E-state index < -0.39 is 30.1 Å². The minimum absolute atomic E-state index is 0.0728. The van der Waals surface area contributed by atoms with Crippen LogP contribution in [-0.2, 0) is 14.1 Å². The van der Waals surface area contributed by atoms with Gasteiger partial charge >= 0.3 is 13.1 Å². The Bertz CT molecular complexity index is 549. The van der Waals surface area contributed by atoms with Gasteiger partial charge in [0, 0.05) is 10.8 Å². The van der Waals surface area contributed by atoms with Crippen molar-refractivity contribution in [1.82, 2.24) is 0 Å². The number of carbonyl (C=O) groups is 1. The predicted octanol–water partition coefficient (Wildman–Crippen LogP) is 3.84. The lowest BCUT2D eigenvalue weighted by atomic mass is 9.66. The summed E-state index contributed by atoms with van der Waals surface area (Å²) in [7, 11) is -0.612. The number of halogens is 1. The molecule has 0 aromatic heterocycles. The molecule has 1 heterocycles. The quantitative estimate of drug-likeness (QED) is 0.855. The maximum atomic E-state index is 11.3. The fourth-order valence-electron chi connectivity index (χ4n) is 2.59. The van der Waals surface area contributed by atoms with Gasteiger partial charge in [0.2, 0.25) is 0 Å². The van der Waals surface area contributed by atoms with Gasteiger partial charge in [0.05, 0.1) is 17.6 Å². The van der Waals surface area contributed by atoms with Gasteiger partial charge in [-0.2, -0.15) is 0 Å². The van der Waals surface area contributed by atoms with Crippen LogP contribution in [0.25, 0.3) is 0 Å². The molecule has 0 aliphatic carbocycles. The lowest BCUT2D eigenvalue weighted by Crippen LogP contribution is -2.41. The van der Waals surface area contributed by atoms with Crippen molar-refractivity contribution in [3.8, 4) is 0 Å². The molecule has 22 heavy (non-hydrogen) atoms. The second kappa shape index (κ2) is 5.87. The summed E-state index contributed by atoms with van der Waals surface area (Å²) < 4.78 is 12.1. The molecular formula is C16H22BClO4. The Morgan fingerprint density at radius 3 is 2.23 bits per heavy atom. The molecule has 2 rings (SSSR count). The molecule has 4 nitrogen and oxygen atoms in total. The third kappa shape index (κ3) is 3.48. The lowest BCUT2D eigenvalue weighted by molar-refractivity contribution is -0.137. The zero-order valence-electron chi connectivity index (χ0n) is 13.6. The van der Waals surface area contributed by atoms with Crippen molar-refractivity contribution in [3.63, 3.8) is 0 Å². The molecule has 1 aliphatic heterocycles. The van der Waals surface area contributed by atoms with Gasteiger partial charge in [-0.05, 0) is 57.9 Å². The van der Waals surface area contributed by atoms with Crippen molar-refractivity contribution in [3.05, 3.63) is 34.3 Å². The predicted molar refractivity (Wildman–Crippen MR) is 87.3 cm³/mol. The fourth-order valence-corrected chi connectivity index (χ4v) is 2.89. The summed E-state index contributed by atoms with van der Waals surface area (Å²) >= 11 is 6.12. The first-order chi connectivity index (χ1) is 10.0. The van der Waals surface area contributed by atoms with E-state index in [1.54, 1.807) is 6.07 Å². The molecule has 0 radical (unpaired) electrons. The molecule has 1 atom stereocenters. The maximum absolute atomic E-state index is 11.3. The van der Waals surface area contributed by atoms with E-state index in [2.05, 4.69) is 0 Å². The molecule has 0 amide bonds. The largest absolute Gasteiger partial charge is 0.481 e. The fraction of sp³-hybridized carbons (Fsp3) is 0.562. The highest BCUT2D eigenvalue weighted by atomic mass is 35.5. The Balaban J connectivity index is 2.37. The van der Waals surface area contributed by atoms with Crippen molar-refractivity contribution >= 4 is 24.7 Å². The molecule has 0 saturated carbocycles. The second-order valence-corrected chi connectivity index (χ2v) is 7.33. The third-order valence-electron chi connectivity index (χ3n) is 4.49. The zero-order chi connectivity index (χ0) is 16.7. The van der Waals surface area contributed by atoms with Gasteiger partial charge in [-0.15, -0.1) is 0 Å². The van der Waals surface area contributed by atoms with Crippen molar-refractivity contribution in [2.45, 2.75) is 58.1 Å². The summed E-state index contributed by atoms with van der Waals surface area (Å²) in [5.41, 5.74) is 0.810. The van der Waals surface area contributed by atoms with Gasteiger partial charge < -0.3 is 14.4 Å². The standard InChI is InChI=1S/C16H22BClO4/c1-10-6-11(8-12(18)7-10)13(9-14(19)20)17-21-15(2,3)16(4,5)22-17/h6-8,13H,9H2,1-5H3,(H,19,20). The number of carboxylic acids is 1. The third-order valence-corrected chi connectivity index (χ3v) is 4.71. The van der Waals surface area contributed by atoms with Gasteiger partial charge in [0.1, 0.15) is 0 Å². The zero-order valence-corrected chi connectivity index (χ0v) is 14.4. The van der Waals surface area contributed by atoms with Gasteiger partial charge in [-0.1, -0.05) is 17.7 Å². The van der Waals surface area contributed by atoms with Gasteiger partial charge in [-0.3, -0.25) is 4.79 Å². The maximum Gasteiger partial charge on any atom is 0.466 e.